The summed E-state index contributed by atoms with van der Waals surface area (Å²) >= 11 is 2.33. The van der Waals surface area contributed by atoms with Gasteiger partial charge in [0.15, 0.2) is 10.8 Å². The second-order valence-corrected chi connectivity index (χ2v) is 7.24. The molecule has 3 heterocycles. The van der Waals surface area contributed by atoms with E-state index in [2.05, 4.69) is 22.0 Å². The van der Waals surface area contributed by atoms with Gasteiger partial charge in [0.25, 0.3) is 11.8 Å². The molecule has 11 nitrogen and oxygen atoms in total. The van der Waals surface area contributed by atoms with Gasteiger partial charge in [-0.15, -0.1) is 23.1 Å². The maximum Gasteiger partial charge on any atom is 0.276 e. The first kappa shape index (κ1) is 20.4. The molecule has 0 aromatic carbocycles. The van der Waals surface area contributed by atoms with Crippen LogP contribution in [0, 0.1) is 0 Å². The van der Waals surface area contributed by atoms with Gasteiger partial charge in [-0.25, -0.2) is 4.98 Å². The molecule has 0 bridgehead atoms. The highest BCUT2D eigenvalue weighted by Crippen LogP contribution is 2.40. The molecule has 0 radical (unpaired) electrons. The lowest BCUT2D eigenvalue weighted by atomic mass is 10.0. The normalized spacial score (nSPS) is 21.7. The molecule has 2 atom stereocenters. The monoisotopic (exact) mass is 412 g/mol. The molecule has 8 N–H and O–H groups in total. The Hall–Kier alpha value is -2.90. The number of carboxylic acid groups (broad SMARTS) is 1. The number of β-lactam (4-membered cyclic amide) rings is 1. The maximum absolute atomic E-state index is 12.4. The number of thiazole rings is 1. The van der Waals surface area contributed by atoms with Crippen molar-refractivity contribution in [1.29, 1.82) is 0 Å². The van der Waals surface area contributed by atoms with Gasteiger partial charge in [0.05, 0.1) is 11.7 Å². The minimum absolute atomic E-state index is 0. The smallest absolute Gasteiger partial charge is 0.276 e. The lowest BCUT2D eigenvalue weighted by molar-refractivity contribution is -0.301. The van der Waals surface area contributed by atoms with Crippen molar-refractivity contribution < 1.29 is 24.7 Å². The highest BCUT2D eigenvalue weighted by Gasteiger charge is 2.52. The zero-order valence-electron chi connectivity index (χ0n) is 14.0. The molecule has 144 valence electrons. The van der Waals surface area contributed by atoms with Crippen LogP contribution in [0.25, 0.3) is 0 Å². The number of nitrogens with zero attached hydrogens (tertiary/aromatic N) is 3. The summed E-state index contributed by atoms with van der Waals surface area (Å²) in [7, 11) is 0. The van der Waals surface area contributed by atoms with Crippen molar-refractivity contribution in [2.45, 2.75) is 11.4 Å². The number of hydrogen-bond donors (Lipinski definition) is 4. The fourth-order valence-electron chi connectivity index (χ4n) is 2.61. The van der Waals surface area contributed by atoms with Gasteiger partial charge in [0.1, 0.15) is 17.1 Å². The Morgan fingerprint density at radius 1 is 1.56 bits per heavy atom. The Bertz CT molecular complexity index is 879. The number of aliphatic carboxylic acids is 1. The van der Waals surface area contributed by atoms with E-state index in [0.29, 0.717) is 11.3 Å². The molecule has 3 rings (SSSR count). The summed E-state index contributed by atoms with van der Waals surface area (Å²) in [4.78, 5) is 40.9. The summed E-state index contributed by atoms with van der Waals surface area (Å²) < 4.78 is 0. The van der Waals surface area contributed by atoms with E-state index in [0.717, 1.165) is 16.2 Å². The molecule has 1 saturated heterocycles. The Morgan fingerprint density at radius 2 is 2.26 bits per heavy atom. The van der Waals surface area contributed by atoms with E-state index in [1.165, 1.54) is 23.2 Å². The van der Waals surface area contributed by atoms with E-state index in [9.17, 15) is 19.5 Å². The minimum atomic E-state index is -1.49. The Kier molecular flexibility index (Phi) is 5.88. The first-order valence-electron chi connectivity index (χ1n) is 7.15. The summed E-state index contributed by atoms with van der Waals surface area (Å²) in [5.41, 5.74) is 5.29. The van der Waals surface area contributed by atoms with E-state index in [1.807, 2.05) is 0 Å². The van der Waals surface area contributed by atoms with Crippen LogP contribution in [0.5, 0.6) is 0 Å². The topological polar surface area (TPSA) is 198 Å². The SMILES string of the molecule is C=CC1=C(C(=O)[O-])N2C(=O)[C@@H](NC(=O)/C(=N/O)c3csc(N)n3)[C@H]2SC1.[NH4+]. The number of carbonyl (C=O) groups excluding carboxylic acids is 3. The van der Waals surface area contributed by atoms with Crippen LogP contribution in [0.3, 0.4) is 0 Å². The van der Waals surface area contributed by atoms with Crippen molar-refractivity contribution in [3.05, 3.63) is 35.0 Å². The van der Waals surface area contributed by atoms with Crippen molar-refractivity contribution in [2.24, 2.45) is 5.16 Å². The molecule has 1 aromatic rings. The van der Waals surface area contributed by atoms with E-state index in [1.54, 1.807) is 0 Å². The van der Waals surface area contributed by atoms with Crippen LogP contribution in [0.1, 0.15) is 5.69 Å². The van der Waals surface area contributed by atoms with Crippen molar-refractivity contribution in [3.63, 3.8) is 0 Å². The van der Waals surface area contributed by atoms with Crippen LogP contribution in [-0.4, -0.2) is 55.8 Å². The number of anilines is 1. The fraction of sp³-hybridized carbons (Fsp3) is 0.214. The molecule has 1 fully saturated rings. The number of hydrogen-bond acceptors (Lipinski definition) is 10. The van der Waals surface area contributed by atoms with Crippen molar-refractivity contribution in [2.75, 3.05) is 11.5 Å². The van der Waals surface area contributed by atoms with Crippen LogP contribution in [0.4, 0.5) is 5.13 Å². The first-order chi connectivity index (χ1) is 12.4. The number of nitrogen functional groups attached to an aromatic ring is 1. The zero-order chi connectivity index (χ0) is 19.0. The van der Waals surface area contributed by atoms with Crippen molar-refractivity contribution >= 4 is 51.7 Å². The Morgan fingerprint density at radius 3 is 2.78 bits per heavy atom. The Labute approximate surface area is 161 Å². The van der Waals surface area contributed by atoms with Gasteiger partial charge in [0, 0.05) is 11.1 Å². The molecule has 27 heavy (non-hydrogen) atoms. The van der Waals surface area contributed by atoms with Gasteiger partial charge in [-0.3, -0.25) is 14.5 Å². The third-order valence-electron chi connectivity index (χ3n) is 3.80. The van der Waals surface area contributed by atoms with Gasteiger partial charge < -0.3 is 32.3 Å². The summed E-state index contributed by atoms with van der Waals surface area (Å²) in [5.74, 6) is -2.62. The molecular formula is C14H16N6O5S2. The zero-order valence-corrected chi connectivity index (χ0v) is 15.7. The number of aromatic nitrogens is 1. The van der Waals surface area contributed by atoms with Gasteiger partial charge >= 0.3 is 0 Å². The molecule has 0 unspecified atom stereocenters. The van der Waals surface area contributed by atoms with Crippen LogP contribution in [0.15, 0.2) is 34.5 Å². The number of carbonyl (C=O) groups is 3. The predicted octanol–water partition coefficient (Wildman–Crippen LogP) is -1.13. The summed E-state index contributed by atoms with van der Waals surface area (Å²) in [6, 6.07) is -0.971. The van der Waals surface area contributed by atoms with Gasteiger partial charge in [-0.2, -0.15) is 0 Å². The van der Waals surface area contributed by atoms with Crippen LogP contribution in [-0.2, 0) is 14.4 Å². The van der Waals surface area contributed by atoms with E-state index < -0.39 is 34.9 Å². The van der Waals surface area contributed by atoms with Crippen LogP contribution in [0.2, 0.25) is 0 Å². The summed E-state index contributed by atoms with van der Waals surface area (Å²) in [5, 5.41) is 26.8. The molecule has 0 aliphatic carbocycles. The average Bonchev–Trinajstić information content (AvgIpc) is 3.04. The second-order valence-electron chi connectivity index (χ2n) is 5.25. The second kappa shape index (κ2) is 7.77. The average molecular weight is 412 g/mol. The number of quaternary nitrogens is 1. The number of thioether (sulfide) groups is 1. The quantitative estimate of drug-likeness (QED) is 0.201. The number of oxime groups is 1. The number of rotatable bonds is 5. The number of allylic oxidation sites excluding steroid dienone is 1. The largest absolute Gasteiger partial charge is 0.543 e. The highest BCUT2D eigenvalue weighted by molar-refractivity contribution is 8.00. The van der Waals surface area contributed by atoms with Crippen molar-refractivity contribution in [1.82, 2.24) is 21.4 Å². The number of amides is 2. The third-order valence-corrected chi connectivity index (χ3v) is 5.78. The summed E-state index contributed by atoms with van der Waals surface area (Å²) in [6.45, 7) is 3.53. The summed E-state index contributed by atoms with van der Waals surface area (Å²) in [6.07, 6.45) is 1.36. The molecular weight excluding hydrogens is 396 g/mol. The molecule has 2 aliphatic rings. The van der Waals surface area contributed by atoms with Crippen LogP contribution >= 0.6 is 23.1 Å². The van der Waals surface area contributed by atoms with E-state index >= 15 is 0 Å². The van der Waals surface area contributed by atoms with E-state index in [-0.39, 0.29) is 22.7 Å². The highest BCUT2D eigenvalue weighted by atomic mass is 32.2. The lowest BCUT2D eigenvalue weighted by Crippen LogP contribution is -2.71. The molecule has 13 heteroatoms. The van der Waals surface area contributed by atoms with Gasteiger partial charge in [0.2, 0.25) is 0 Å². The predicted molar refractivity (Wildman–Crippen MR) is 98.1 cm³/mol. The molecule has 0 spiro atoms. The number of nitrogens with two attached hydrogens (primary N) is 1. The third kappa shape index (κ3) is 3.39. The van der Waals surface area contributed by atoms with Crippen molar-refractivity contribution in [3.8, 4) is 0 Å². The lowest BCUT2D eigenvalue weighted by Gasteiger charge is -2.50. The number of nitrogens with one attached hydrogen (secondary N) is 1. The molecule has 0 saturated carbocycles. The maximum atomic E-state index is 12.4. The van der Waals surface area contributed by atoms with Gasteiger partial charge in [-0.1, -0.05) is 17.8 Å². The molecule has 1 aromatic heterocycles. The minimum Gasteiger partial charge on any atom is -0.543 e. The first-order valence-corrected chi connectivity index (χ1v) is 9.07. The van der Waals surface area contributed by atoms with Gasteiger partial charge in [-0.05, 0) is 5.57 Å². The van der Waals surface area contributed by atoms with Crippen LogP contribution < -0.4 is 22.3 Å². The van der Waals surface area contributed by atoms with E-state index in [4.69, 9.17) is 10.9 Å². The number of carboxylic acids is 1. The standard InChI is InChI=1S/C14H13N5O5S2.H3N/c1-2-5-3-25-12-8(11(21)19(12)9(5)13(22)23)17-10(20)7(18-24)6-4-26-14(15)16-6;/h2,4,8,12,24H,1,3H2,(H2,15,16)(H,17,20)(H,22,23);1H3/b18-7+;/t8-,12-;/m1./s1. The number of fused-ring (bicyclic) bond motifs is 1. The Balaban J connectivity index is 0.00000261. The molecule has 2 amide bonds. The molecule has 2 aliphatic heterocycles. The fourth-order valence-corrected chi connectivity index (χ4v) is 4.50.